The third-order valence-electron chi connectivity index (χ3n) is 5.66. The van der Waals surface area contributed by atoms with Gasteiger partial charge in [-0.15, -0.1) is 0 Å². The highest BCUT2D eigenvalue weighted by atomic mass is 16.3. The summed E-state index contributed by atoms with van der Waals surface area (Å²) in [5.74, 6) is -1.10. The van der Waals surface area contributed by atoms with Crippen LogP contribution in [0.1, 0.15) is 47.8 Å². The number of nitrogens with one attached hydrogen (secondary N) is 2. The maximum Gasteiger partial charge on any atom is 0.287 e. The highest BCUT2D eigenvalue weighted by Gasteiger charge is 2.34. The number of pyridine rings is 1. The molecule has 1 atom stereocenters. The van der Waals surface area contributed by atoms with Crippen LogP contribution < -0.4 is 15.5 Å². The monoisotopic (exact) mass is 446 g/mol. The highest BCUT2D eigenvalue weighted by molar-refractivity contribution is 6.04. The molecule has 170 valence electrons. The van der Waals surface area contributed by atoms with Gasteiger partial charge in [0.1, 0.15) is 6.04 Å². The number of benzene rings is 1. The molecule has 1 fully saturated rings. The molecule has 33 heavy (non-hydrogen) atoms. The molecule has 1 unspecified atom stereocenters. The summed E-state index contributed by atoms with van der Waals surface area (Å²) in [6, 6.07) is 14.7. The van der Waals surface area contributed by atoms with Crippen LogP contribution in [0.15, 0.2) is 77.7 Å². The van der Waals surface area contributed by atoms with Gasteiger partial charge >= 0.3 is 0 Å². The van der Waals surface area contributed by atoms with Crippen molar-refractivity contribution < 1.29 is 18.8 Å². The number of rotatable bonds is 8. The maximum atomic E-state index is 13.5. The predicted molar refractivity (Wildman–Crippen MR) is 122 cm³/mol. The number of carbonyl (C=O) groups excluding carboxylic acids is 3. The van der Waals surface area contributed by atoms with Crippen LogP contribution in [0.2, 0.25) is 0 Å². The molecule has 0 bridgehead atoms. The number of amides is 3. The first kappa shape index (κ1) is 22.3. The average Bonchev–Trinajstić information content (AvgIpc) is 3.56. The molecule has 0 saturated heterocycles. The van der Waals surface area contributed by atoms with Crippen LogP contribution in [0.4, 0.5) is 5.69 Å². The molecule has 0 spiro atoms. The lowest BCUT2D eigenvalue weighted by molar-refractivity contribution is -0.126. The average molecular weight is 447 g/mol. The van der Waals surface area contributed by atoms with E-state index in [4.69, 9.17) is 4.42 Å². The molecule has 2 aromatic heterocycles. The predicted octanol–water partition coefficient (Wildman–Crippen LogP) is 3.24. The number of furan rings is 1. The summed E-state index contributed by atoms with van der Waals surface area (Å²) in [7, 11) is 0. The molecule has 2 N–H and O–H groups in total. The fraction of sp³-hybridized carbons (Fsp3) is 0.280. The van der Waals surface area contributed by atoms with E-state index in [1.165, 1.54) is 17.2 Å². The van der Waals surface area contributed by atoms with Gasteiger partial charge in [-0.2, -0.15) is 0 Å². The first-order valence-electron chi connectivity index (χ1n) is 11.0. The second-order valence-electron chi connectivity index (χ2n) is 7.94. The molecule has 3 amide bonds. The number of aromatic nitrogens is 1. The lowest BCUT2D eigenvalue weighted by atomic mass is 10.0. The SMILES string of the molecule is O=C(NCC(=O)N(c1ccccc1)C(C(=O)NC1CCCC1)c1cccnc1)c1ccco1. The Morgan fingerprint density at radius 2 is 1.82 bits per heavy atom. The Kier molecular flexibility index (Phi) is 7.14. The summed E-state index contributed by atoms with van der Waals surface area (Å²) in [5.41, 5.74) is 1.13. The van der Waals surface area contributed by atoms with Crippen molar-refractivity contribution >= 4 is 23.4 Å². The Balaban J connectivity index is 1.63. The Labute approximate surface area is 192 Å². The van der Waals surface area contributed by atoms with Gasteiger partial charge in [0.25, 0.3) is 5.91 Å². The summed E-state index contributed by atoms with van der Waals surface area (Å²) < 4.78 is 5.09. The van der Waals surface area contributed by atoms with Gasteiger partial charge in [0, 0.05) is 29.7 Å². The Morgan fingerprint density at radius 1 is 1.03 bits per heavy atom. The standard InChI is InChI=1S/C25H26N4O4/c30-22(17-27-24(31)21-13-7-15-33-21)29(20-11-2-1-3-12-20)23(18-8-6-14-26-16-18)25(32)28-19-9-4-5-10-19/h1-3,6-8,11-16,19,23H,4-5,9-10,17H2,(H,27,31)(H,28,32). The zero-order chi connectivity index (χ0) is 23.0. The van der Waals surface area contributed by atoms with Crippen LogP contribution in [0.3, 0.4) is 0 Å². The van der Waals surface area contributed by atoms with E-state index in [9.17, 15) is 14.4 Å². The van der Waals surface area contributed by atoms with Crippen molar-refractivity contribution in [3.8, 4) is 0 Å². The number of hydrogen-bond acceptors (Lipinski definition) is 5. The van der Waals surface area contributed by atoms with Crippen molar-refractivity contribution in [3.05, 3.63) is 84.6 Å². The van der Waals surface area contributed by atoms with Crippen molar-refractivity contribution in [2.75, 3.05) is 11.4 Å². The van der Waals surface area contributed by atoms with E-state index in [1.807, 2.05) is 6.07 Å². The number of hydrogen-bond donors (Lipinski definition) is 2. The molecule has 8 heteroatoms. The normalized spacial score (nSPS) is 14.4. The zero-order valence-corrected chi connectivity index (χ0v) is 18.1. The van der Waals surface area contributed by atoms with Crippen LogP contribution in [0, 0.1) is 0 Å². The number of anilines is 1. The molecule has 1 aliphatic rings. The summed E-state index contributed by atoms with van der Waals surface area (Å²) in [6.45, 7) is -0.304. The molecular weight excluding hydrogens is 420 g/mol. The molecular formula is C25H26N4O4. The molecule has 4 rings (SSSR count). The molecule has 1 saturated carbocycles. The van der Waals surface area contributed by atoms with E-state index in [0.717, 1.165) is 25.7 Å². The van der Waals surface area contributed by atoms with Crippen molar-refractivity contribution in [2.24, 2.45) is 0 Å². The van der Waals surface area contributed by atoms with Crippen LogP contribution in [0.25, 0.3) is 0 Å². The molecule has 1 aliphatic carbocycles. The minimum absolute atomic E-state index is 0.0862. The van der Waals surface area contributed by atoms with E-state index in [2.05, 4.69) is 15.6 Å². The van der Waals surface area contributed by atoms with Gasteiger partial charge in [0.05, 0.1) is 12.8 Å². The summed E-state index contributed by atoms with van der Waals surface area (Å²) in [6.07, 6.45) is 8.58. The largest absolute Gasteiger partial charge is 0.459 e. The quantitative estimate of drug-likeness (QED) is 0.553. The van der Waals surface area contributed by atoms with E-state index >= 15 is 0 Å². The van der Waals surface area contributed by atoms with Gasteiger partial charge < -0.3 is 15.1 Å². The van der Waals surface area contributed by atoms with E-state index in [0.29, 0.717) is 11.3 Å². The third-order valence-corrected chi connectivity index (χ3v) is 5.66. The van der Waals surface area contributed by atoms with Gasteiger partial charge in [-0.1, -0.05) is 37.1 Å². The van der Waals surface area contributed by atoms with Crippen LogP contribution in [-0.2, 0) is 9.59 Å². The van der Waals surface area contributed by atoms with Crippen LogP contribution >= 0.6 is 0 Å². The highest BCUT2D eigenvalue weighted by Crippen LogP contribution is 2.28. The van der Waals surface area contributed by atoms with Gasteiger partial charge in [-0.05, 0) is 43.2 Å². The smallest absolute Gasteiger partial charge is 0.287 e. The zero-order valence-electron chi connectivity index (χ0n) is 18.1. The van der Waals surface area contributed by atoms with E-state index < -0.39 is 17.9 Å². The minimum atomic E-state index is -0.935. The van der Waals surface area contributed by atoms with E-state index in [1.54, 1.807) is 54.9 Å². The number of nitrogens with zero attached hydrogens (tertiary/aromatic N) is 2. The topological polar surface area (TPSA) is 105 Å². The Hall–Kier alpha value is -3.94. The van der Waals surface area contributed by atoms with Crippen LogP contribution in [-0.4, -0.2) is 35.3 Å². The van der Waals surface area contributed by atoms with Crippen molar-refractivity contribution in [3.63, 3.8) is 0 Å². The lowest BCUT2D eigenvalue weighted by Crippen LogP contribution is -2.49. The number of carbonyl (C=O) groups is 3. The van der Waals surface area contributed by atoms with Crippen molar-refractivity contribution in [2.45, 2.75) is 37.8 Å². The molecule has 1 aromatic carbocycles. The van der Waals surface area contributed by atoms with Gasteiger partial charge in [-0.25, -0.2) is 0 Å². The van der Waals surface area contributed by atoms with Gasteiger partial charge in [0.15, 0.2) is 5.76 Å². The second kappa shape index (κ2) is 10.6. The van der Waals surface area contributed by atoms with Crippen molar-refractivity contribution in [1.29, 1.82) is 0 Å². The lowest BCUT2D eigenvalue weighted by Gasteiger charge is -2.32. The summed E-state index contributed by atoms with van der Waals surface area (Å²) >= 11 is 0. The molecule has 3 aromatic rings. The first-order valence-corrected chi connectivity index (χ1v) is 11.0. The molecule has 8 nitrogen and oxygen atoms in total. The molecule has 2 heterocycles. The maximum absolute atomic E-state index is 13.5. The number of para-hydroxylation sites is 1. The van der Waals surface area contributed by atoms with Crippen molar-refractivity contribution in [1.82, 2.24) is 15.6 Å². The van der Waals surface area contributed by atoms with Crippen LogP contribution in [0.5, 0.6) is 0 Å². The van der Waals surface area contributed by atoms with Gasteiger partial charge in [0.2, 0.25) is 11.8 Å². The second-order valence-corrected chi connectivity index (χ2v) is 7.94. The Morgan fingerprint density at radius 3 is 2.48 bits per heavy atom. The molecule has 0 aliphatic heterocycles. The minimum Gasteiger partial charge on any atom is -0.459 e. The summed E-state index contributed by atoms with van der Waals surface area (Å²) in [4.78, 5) is 44.9. The fourth-order valence-corrected chi connectivity index (χ4v) is 4.07. The summed E-state index contributed by atoms with van der Waals surface area (Å²) in [5, 5.41) is 5.69. The van der Waals surface area contributed by atoms with E-state index in [-0.39, 0.29) is 24.3 Å². The Bertz CT molecular complexity index is 1060. The first-order chi connectivity index (χ1) is 16.1. The fourth-order valence-electron chi connectivity index (χ4n) is 4.07. The molecule has 0 radical (unpaired) electrons. The third kappa shape index (κ3) is 5.46. The van der Waals surface area contributed by atoms with Gasteiger partial charge in [-0.3, -0.25) is 24.3 Å².